The van der Waals surface area contributed by atoms with Crippen LogP contribution in [-0.2, 0) is 14.8 Å². The van der Waals surface area contributed by atoms with Crippen LogP contribution in [0.25, 0.3) is 0 Å². The molecule has 1 N–H and O–H groups in total. The Morgan fingerprint density at radius 3 is 2.50 bits per heavy atom. The molecule has 6 heteroatoms. The van der Waals surface area contributed by atoms with Gasteiger partial charge in [-0.25, -0.2) is 8.42 Å². The highest BCUT2D eigenvalue weighted by atomic mass is 32.2. The van der Waals surface area contributed by atoms with E-state index in [1.54, 1.807) is 0 Å². The third-order valence-electron chi connectivity index (χ3n) is 5.12. The second-order valence-corrected chi connectivity index (χ2v) is 8.57. The van der Waals surface area contributed by atoms with Gasteiger partial charge in [-0.15, -0.1) is 0 Å². The second kappa shape index (κ2) is 5.30. The molecule has 3 rings (SSSR count). The Bertz CT molecular complexity index is 485. The minimum absolute atomic E-state index is 0.0611. The molecule has 114 valence electrons. The number of nitrogens with zero attached hydrogens (tertiary/aromatic N) is 1. The summed E-state index contributed by atoms with van der Waals surface area (Å²) in [5.74, 6) is -0.0437. The van der Waals surface area contributed by atoms with E-state index in [9.17, 15) is 18.3 Å². The fraction of sp³-hybridized carbons (Fsp3) is 0.929. The molecule has 2 aliphatic carbocycles. The van der Waals surface area contributed by atoms with E-state index in [1.807, 2.05) is 0 Å². The normalized spacial score (nSPS) is 34.9. The summed E-state index contributed by atoms with van der Waals surface area (Å²) in [6, 6.07) is -0.888. The number of fused-ring (bicyclic) bond motifs is 1. The lowest BCUT2D eigenvalue weighted by Gasteiger charge is -2.32. The highest BCUT2D eigenvalue weighted by Crippen LogP contribution is 2.42. The predicted octanol–water partition coefficient (Wildman–Crippen LogP) is 1.83. The molecule has 3 atom stereocenters. The van der Waals surface area contributed by atoms with Crippen molar-refractivity contribution in [3.05, 3.63) is 0 Å². The van der Waals surface area contributed by atoms with E-state index in [-0.39, 0.29) is 17.7 Å². The summed E-state index contributed by atoms with van der Waals surface area (Å²) >= 11 is 0. The fourth-order valence-corrected chi connectivity index (χ4v) is 5.95. The first-order chi connectivity index (χ1) is 9.49. The van der Waals surface area contributed by atoms with Gasteiger partial charge in [-0.2, -0.15) is 4.31 Å². The van der Waals surface area contributed by atoms with Crippen LogP contribution in [0.3, 0.4) is 0 Å². The van der Waals surface area contributed by atoms with Crippen LogP contribution in [0, 0.1) is 11.8 Å². The monoisotopic (exact) mass is 301 g/mol. The lowest BCUT2D eigenvalue weighted by molar-refractivity contribution is -0.141. The Morgan fingerprint density at radius 1 is 1.15 bits per heavy atom. The second-order valence-electron chi connectivity index (χ2n) is 6.58. The Labute approximate surface area is 120 Å². The van der Waals surface area contributed by atoms with Crippen LogP contribution in [0.15, 0.2) is 0 Å². The summed E-state index contributed by atoms with van der Waals surface area (Å²) < 4.78 is 26.6. The van der Waals surface area contributed by atoms with Crippen LogP contribution in [0.1, 0.15) is 51.4 Å². The lowest BCUT2D eigenvalue weighted by atomic mass is 9.85. The van der Waals surface area contributed by atoms with E-state index < -0.39 is 22.0 Å². The first-order valence-electron chi connectivity index (χ1n) is 7.73. The topological polar surface area (TPSA) is 74.7 Å². The van der Waals surface area contributed by atoms with Crippen LogP contribution < -0.4 is 0 Å². The van der Waals surface area contributed by atoms with Crippen molar-refractivity contribution in [3.8, 4) is 0 Å². The summed E-state index contributed by atoms with van der Waals surface area (Å²) in [6.07, 6.45) is 7.38. The van der Waals surface area contributed by atoms with Crippen molar-refractivity contribution in [2.45, 2.75) is 63.5 Å². The smallest absolute Gasteiger partial charge is 0.322 e. The van der Waals surface area contributed by atoms with Crippen molar-refractivity contribution in [3.63, 3.8) is 0 Å². The largest absolute Gasteiger partial charge is 0.480 e. The zero-order valence-electron chi connectivity index (χ0n) is 11.7. The van der Waals surface area contributed by atoms with Crippen molar-refractivity contribution >= 4 is 16.0 Å². The van der Waals surface area contributed by atoms with Crippen molar-refractivity contribution < 1.29 is 18.3 Å². The van der Waals surface area contributed by atoms with Gasteiger partial charge in [-0.1, -0.05) is 25.7 Å². The van der Waals surface area contributed by atoms with Gasteiger partial charge in [0.1, 0.15) is 6.04 Å². The SMILES string of the molecule is O=C(O)C1CC2CCCCC2N1S(=O)(=O)CCC1CC1. The molecule has 3 unspecified atom stereocenters. The molecule has 1 saturated heterocycles. The van der Waals surface area contributed by atoms with Gasteiger partial charge in [-0.3, -0.25) is 4.79 Å². The van der Waals surface area contributed by atoms with Gasteiger partial charge in [0.05, 0.1) is 5.75 Å². The van der Waals surface area contributed by atoms with Crippen molar-refractivity contribution in [2.75, 3.05) is 5.75 Å². The maximum Gasteiger partial charge on any atom is 0.322 e. The van der Waals surface area contributed by atoms with Crippen molar-refractivity contribution in [2.24, 2.45) is 11.8 Å². The fourth-order valence-electron chi connectivity index (χ4n) is 3.86. The van der Waals surface area contributed by atoms with Gasteiger partial charge in [0, 0.05) is 6.04 Å². The molecule has 0 aromatic rings. The van der Waals surface area contributed by atoms with E-state index in [2.05, 4.69) is 0 Å². The van der Waals surface area contributed by atoms with Gasteiger partial charge < -0.3 is 5.11 Å². The number of rotatable bonds is 5. The van der Waals surface area contributed by atoms with E-state index >= 15 is 0 Å². The van der Waals surface area contributed by atoms with Crippen LogP contribution in [0.4, 0.5) is 0 Å². The van der Waals surface area contributed by atoms with Crippen molar-refractivity contribution in [1.29, 1.82) is 0 Å². The Hall–Kier alpha value is -0.620. The Kier molecular flexibility index (Phi) is 3.79. The molecule has 0 amide bonds. The highest BCUT2D eigenvalue weighted by molar-refractivity contribution is 7.89. The van der Waals surface area contributed by atoms with Crippen LogP contribution in [0.2, 0.25) is 0 Å². The standard InChI is InChI=1S/C14H23NO4S/c16-14(17)13-9-11-3-1-2-4-12(11)15(13)20(18,19)8-7-10-5-6-10/h10-13H,1-9H2,(H,16,17). The number of carboxylic acids is 1. The quantitative estimate of drug-likeness (QED) is 0.840. The van der Waals surface area contributed by atoms with Crippen LogP contribution in [0.5, 0.6) is 0 Å². The molecule has 0 aromatic heterocycles. The molecule has 1 aliphatic heterocycles. The average molecular weight is 301 g/mol. The summed E-state index contributed by atoms with van der Waals surface area (Å²) in [6.45, 7) is 0. The summed E-state index contributed by atoms with van der Waals surface area (Å²) in [7, 11) is -3.43. The molecule has 0 aromatic carbocycles. The third-order valence-corrected chi connectivity index (χ3v) is 7.04. The molecular formula is C14H23NO4S. The number of carbonyl (C=O) groups is 1. The third kappa shape index (κ3) is 2.72. The molecule has 2 saturated carbocycles. The summed E-state index contributed by atoms with van der Waals surface area (Å²) in [5, 5.41) is 9.38. The number of sulfonamides is 1. The molecule has 5 nitrogen and oxygen atoms in total. The minimum atomic E-state index is -3.43. The van der Waals surface area contributed by atoms with Gasteiger partial charge in [0.25, 0.3) is 0 Å². The molecule has 3 fully saturated rings. The Balaban J connectivity index is 1.80. The van der Waals surface area contributed by atoms with Gasteiger partial charge in [0.2, 0.25) is 10.0 Å². The molecule has 20 heavy (non-hydrogen) atoms. The van der Waals surface area contributed by atoms with E-state index in [1.165, 1.54) is 4.31 Å². The molecule has 0 radical (unpaired) electrons. The van der Waals surface area contributed by atoms with E-state index in [4.69, 9.17) is 0 Å². The molecule has 3 aliphatic rings. The van der Waals surface area contributed by atoms with Crippen LogP contribution in [-0.4, -0.2) is 41.6 Å². The summed E-state index contributed by atoms with van der Waals surface area (Å²) in [4.78, 5) is 11.4. The number of carboxylic acid groups (broad SMARTS) is 1. The number of hydrogen-bond acceptors (Lipinski definition) is 3. The minimum Gasteiger partial charge on any atom is -0.480 e. The van der Waals surface area contributed by atoms with Gasteiger partial charge >= 0.3 is 5.97 Å². The maximum absolute atomic E-state index is 12.6. The molecule has 0 spiro atoms. The average Bonchev–Trinajstić information content (AvgIpc) is 3.14. The Morgan fingerprint density at radius 2 is 1.85 bits per heavy atom. The molecule has 1 heterocycles. The first-order valence-corrected chi connectivity index (χ1v) is 9.34. The molecule has 0 bridgehead atoms. The van der Waals surface area contributed by atoms with Crippen molar-refractivity contribution in [1.82, 2.24) is 4.31 Å². The van der Waals surface area contributed by atoms with E-state index in [0.29, 0.717) is 18.8 Å². The summed E-state index contributed by atoms with van der Waals surface area (Å²) in [5.41, 5.74) is 0. The van der Waals surface area contributed by atoms with E-state index in [0.717, 1.165) is 38.5 Å². The highest BCUT2D eigenvalue weighted by Gasteiger charge is 2.50. The maximum atomic E-state index is 12.6. The van der Waals surface area contributed by atoms with Gasteiger partial charge in [-0.05, 0) is 37.5 Å². The number of hydrogen-bond donors (Lipinski definition) is 1. The number of aliphatic carboxylic acids is 1. The molecular weight excluding hydrogens is 278 g/mol. The predicted molar refractivity (Wildman–Crippen MR) is 74.8 cm³/mol. The van der Waals surface area contributed by atoms with Crippen LogP contribution >= 0.6 is 0 Å². The zero-order chi connectivity index (χ0) is 14.3. The first kappa shape index (κ1) is 14.3. The lowest BCUT2D eigenvalue weighted by Crippen LogP contribution is -2.47. The zero-order valence-corrected chi connectivity index (χ0v) is 12.5. The van der Waals surface area contributed by atoms with Gasteiger partial charge in [0.15, 0.2) is 0 Å².